The molecule has 1 aromatic carbocycles. The van der Waals surface area contributed by atoms with E-state index in [2.05, 4.69) is 24.8 Å². The summed E-state index contributed by atoms with van der Waals surface area (Å²) < 4.78 is 22.7. The van der Waals surface area contributed by atoms with Crippen molar-refractivity contribution in [1.29, 1.82) is 0 Å². The van der Waals surface area contributed by atoms with Crippen LogP contribution in [0.15, 0.2) is 57.6 Å². The van der Waals surface area contributed by atoms with Gasteiger partial charge in [-0.2, -0.15) is 0 Å². The van der Waals surface area contributed by atoms with Crippen molar-refractivity contribution in [2.24, 2.45) is 0 Å². The van der Waals surface area contributed by atoms with Crippen molar-refractivity contribution in [2.75, 3.05) is 6.79 Å². The smallest absolute Gasteiger partial charge is 0.231 e. The summed E-state index contributed by atoms with van der Waals surface area (Å²) in [5, 5.41) is 11.1. The van der Waals surface area contributed by atoms with Gasteiger partial charge in [-0.1, -0.05) is 32.8 Å². The first kappa shape index (κ1) is 21.5. The molecule has 0 amide bonds. The molecule has 0 radical (unpaired) electrons. The minimum atomic E-state index is -0.898. The van der Waals surface area contributed by atoms with Gasteiger partial charge in [0.25, 0.3) is 0 Å². The van der Waals surface area contributed by atoms with Crippen LogP contribution < -0.4 is 9.47 Å². The summed E-state index contributed by atoms with van der Waals surface area (Å²) in [6.07, 6.45) is 4.89. The van der Waals surface area contributed by atoms with Gasteiger partial charge in [-0.05, 0) is 54.8 Å². The van der Waals surface area contributed by atoms with Crippen molar-refractivity contribution >= 4 is 0 Å². The van der Waals surface area contributed by atoms with E-state index < -0.39 is 5.60 Å². The zero-order valence-electron chi connectivity index (χ0n) is 18.3. The zero-order chi connectivity index (χ0) is 21.7. The molecule has 1 aliphatic heterocycles. The Morgan fingerprint density at radius 1 is 0.903 bits per heavy atom. The van der Waals surface area contributed by atoms with Crippen molar-refractivity contribution in [3.8, 4) is 11.5 Å². The van der Waals surface area contributed by atoms with Crippen LogP contribution in [0.25, 0.3) is 0 Å². The van der Waals surface area contributed by atoms with Gasteiger partial charge in [0.2, 0.25) is 6.79 Å². The summed E-state index contributed by atoms with van der Waals surface area (Å²) >= 11 is 0. The van der Waals surface area contributed by atoms with E-state index in [1.54, 1.807) is 6.26 Å². The SMILES string of the molecule is CCCC(O)(CCC)c1ccc(CN(Cc2ccc3c(c2)OCO3)Cc2ccco2)o1. The third kappa shape index (κ3) is 5.14. The summed E-state index contributed by atoms with van der Waals surface area (Å²) in [6.45, 7) is 6.38. The highest BCUT2D eigenvalue weighted by molar-refractivity contribution is 5.44. The quantitative estimate of drug-likeness (QED) is 0.432. The number of nitrogens with zero attached hydrogens (tertiary/aromatic N) is 1. The largest absolute Gasteiger partial charge is 0.468 e. The molecule has 6 heteroatoms. The van der Waals surface area contributed by atoms with Crippen LogP contribution in [0.4, 0.5) is 0 Å². The summed E-state index contributed by atoms with van der Waals surface area (Å²) in [5.41, 5.74) is 0.223. The fraction of sp³-hybridized carbons (Fsp3) is 0.440. The van der Waals surface area contributed by atoms with Gasteiger partial charge >= 0.3 is 0 Å². The first-order valence-electron chi connectivity index (χ1n) is 11.0. The maximum Gasteiger partial charge on any atom is 0.231 e. The van der Waals surface area contributed by atoms with E-state index in [0.29, 0.717) is 38.2 Å². The molecule has 0 bridgehead atoms. The fourth-order valence-electron chi connectivity index (χ4n) is 4.22. The third-order valence-corrected chi connectivity index (χ3v) is 5.63. The molecule has 3 heterocycles. The molecule has 2 aromatic heterocycles. The fourth-order valence-corrected chi connectivity index (χ4v) is 4.22. The van der Waals surface area contributed by atoms with E-state index in [1.807, 2.05) is 36.4 Å². The predicted molar refractivity (Wildman–Crippen MR) is 117 cm³/mol. The van der Waals surface area contributed by atoms with Crippen LogP contribution >= 0.6 is 0 Å². The Labute approximate surface area is 183 Å². The number of hydrogen-bond acceptors (Lipinski definition) is 6. The third-order valence-electron chi connectivity index (χ3n) is 5.63. The van der Waals surface area contributed by atoms with E-state index in [-0.39, 0.29) is 6.79 Å². The van der Waals surface area contributed by atoms with E-state index in [9.17, 15) is 5.11 Å². The van der Waals surface area contributed by atoms with Gasteiger partial charge in [0.05, 0.1) is 19.4 Å². The molecule has 0 saturated carbocycles. The second-order valence-corrected chi connectivity index (χ2v) is 8.21. The predicted octanol–water partition coefficient (Wildman–Crippen LogP) is 5.59. The Hall–Kier alpha value is -2.70. The summed E-state index contributed by atoms with van der Waals surface area (Å²) in [7, 11) is 0. The zero-order valence-corrected chi connectivity index (χ0v) is 18.3. The summed E-state index contributed by atoms with van der Waals surface area (Å²) in [5.74, 6) is 3.93. The molecule has 0 atom stereocenters. The minimum absolute atomic E-state index is 0.266. The normalized spacial score (nSPS) is 13.3. The maximum atomic E-state index is 11.1. The van der Waals surface area contributed by atoms with Crippen LogP contribution in [0.1, 0.15) is 62.4 Å². The lowest BCUT2D eigenvalue weighted by Gasteiger charge is -2.25. The van der Waals surface area contributed by atoms with Gasteiger partial charge in [0.1, 0.15) is 22.9 Å². The van der Waals surface area contributed by atoms with Crippen LogP contribution in [-0.2, 0) is 25.2 Å². The van der Waals surface area contributed by atoms with Gasteiger partial charge in [-0.3, -0.25) is 4.90 Å². The van der Waals surface area contributed by atoms with E-state index in [4.69, 9.17) is 18.3 Å². The van der Waals surface area contributed by atoms with E-state index in [0.717, 1.165) is 41.4 Å². The van der Waals surface area contributed by atoms with Crippen LogP contribution in [-0.4, -0.2) is 16.8 Å². The van der Waals surface area contributed by atoms with Crippen molar-refractivity contribution in [3.63, 3.8) is 0 Å². The lowest BCUT2D eigenvalue weighted by Crippen LogP contribution is -2.25. The monoisotopic (exact) mass is 425 g/mol. The van der Waals surface area contributed by atoms with E-state index in [1.165, 1.54) is 0 Å². The molecule has 166 valence electrons. The molecule has 1 aliphatic rings. The summed E-state index contributed by atoms with van der Waals surface area (Å²) in [6, 6.07) is 13.8. The Kier molecular flexibility index (Phi) is 6.68. The maximum absolute atomic E-state index is 11.1. The van der Waals surface area contributed by atoms with Crippen molar-refractivity contribution < 1.29 is 23.4 Å². The van der Waals surface area contributed by atoms with Gasteiger partial charge < -0.3 is 23.4 Å². The number of hydrogen-bond donors (Lipinski definition) is 1. The Morgan fingerprint density at radius 3 is 2.42 bits per heavy atom. The first-order chi connectivity index (χ1) is 15.1. The number of ether oxygens (including phenoxy) is 2. The molecule has 0 aliphatic carbocycles. The molecule has 3 aromatic rings. The molecule has 0 unspecified atom stereocenters. The lowest BCUT2D eigenvalue weighted by molar-refractivity contribution is -0.00529. The lowest BCUT2D eigenvalue weighted by atomic mass is 9.90. The Balaban J connectivity index is 1.52. The van der Waals surface area contributed by atoms with Crippen LogP contribution in [0.5, 0.6) is 11.5 Å². The molecule has 0 spiro atoms. The van der Waals surface area contributed by atoms with Crippen LogP contribution in [0, 0.1) is 0 Å². The summed E-state index contributed by atoms with van der Waals surface area (Å²) in [4.78, 5) is 2.25. The highest BCUT2D eigenvalue weighted by Crippen LogP contribution is 2.34. The average molecular weight is 426 g/mol. The molecule has 0 saturated heterocycles. The molecule has 6 nitrogen and oxygen atoms in total. The van der Waals surface area contributed by atoms with E-state index >= 15 is 0 Å². The van der Waals surface area contributed by atoms with Crippen LogP contribution in [0.3, 0.4) is 0 Å². The number of aliphatic hydroxyl groups is 1. The molecule has 4 rings (SSSR count). The molecule has 1 N–H and O–H groups in total. The number of fused-ring (bicyclic) bond motifs is 1. The van der Waals surface area contributed by atoms with Crippen molar-refractivity contribution in [1.82, 2.24) is 4.90 Å². The van der Waals surface area contributed by atoms with Crippen molar-refractivity contribution in [2.45, 2.75) is 64.8 Å². The van der Waals surface area contributed by atoms with Gasteiger partial charge in [0.15, 0.2) is 11.5 Å². The topological polar surface area (TPSA) is 68.2 Å². The average Bonchev–Trinajstić information content (AvgIpc) is 3.50. The molecule has 31 heavy (non-hydrogen) atoms. The number of rotatable bonds is 11. The first-order valence-corrected chi connectivity index (χ1v) is 11.0. The highest BCUT2D eigenvalue weighted by Gasteiger charge is 2.31. The molecular formula is C25H31NO5. The van der Waals surface area contributed by atoms with Crippen molar-refractivity contribution in [3.05, 3.63) is 71.6 Å². The van der Waals surface area contributed by atoms with Crippen LogP contribution in [0.2, 0.25) is 0 Å². The standard InChI is InChI=1S/C25H31NO5/c1-3-11-25(27,12-4-2)24-10-8-21(31-24)17-26(16-20-6-5-13-28-20)15-19-7-9-22-23(14-19)30-18-29-22/h5-10,13-14,27H,3-4,11-12,15-18H2,1-2H3. The highest BCUT2D eigenvalue weighted by atomic mass is 16.7. The minimum Gasteiger partial charge on any atom is -0.468 e. The Bertz CT molecular complexity index is 956. The van der Waals surface area contributed by atoms with Gasteiger partial charge in [-0.15, -0.1) is 0 Å². The molecular weight excluding hydrogens is 394 g/mol. The molecule has 0 fully saturated rings. The number of furan rings is 2. The second-order valence-electron chi connectivity index (χ2n) is 8.21. The second kappa shape index (κ2) is 9.62. The van der Waals surface area contributed by atoms with Gasteiger partial charge in [-0.25, -0.2) is 0 Å². The Morgan fingerprint density at radius 2 is 1.68 bits per heavy atom. The van der Waals surface area contributed by atoms with Gasteiger partial charge in [0, 0.05) is 6.54 Å². The number of benzene rings is 1.